The standard InChI is InChI=1S/C26H24O8/c1-31-17-6-2-14(3-7-17)10-22(28)33-18-8-4-15(5-9-18)20(27)13-32-25(29)23-16-11-19-21(12-16)34-26(30)24(19)23/h2-9,16,19,21,23-24H,10-13H2,1H3/t16-,19+,21-,23-,24+/m1/s1. The molecule has 1 aliphatic heterocycles. The lowest BCUT2D eigenvalue weighted by atomic mass is 9.80. The summed E-state index contributed by atoms with van der Waals surface area (Å²) in [5.74, 6) is -1.39. The molecule has 2 saturated carbocycles. The van der Waals surface area contributed by atoms with Crippen LogP contribution >= 0.6 is 0 Å². The molecule has 0 radical (unpaired) electrons. The zero-order valence-electron chi connectivity index (χ0n) is 18.6. The molecule has 34 heavy (non-hydrogen) atoms. The second-order valence-electron chi connectivity index (χ2n) is 8.98. The fourth-order valence-electron chi connectivity index (χ4n) is 5.43. The molecule has 0 spiro atoms. The van der Waals surface area contributed by atoms with Gasteiger partial charge in [0.25, 0.3) is 0 Å². The second kappa shape index (κ2) is 8.93. The van der Waals surface area contributed by atoms with Gasteiger partial charge in [0.2, 0.25) is 0 Å². The van der Waals surface area contributed by atoms with Crippen molar-refractivity contribution in [2.24, 2.45) is 23.7 Å². The van der Waals surface area contributed by atoms with Crippen LogP contribution < -0.4 is 9.47 Å². The second-order valence-corrected chi connectivity index (χ2v) is 8.98. The van der Waals surface area contributed by atoms with Crippen molar-refractivity contribution >= 4 is 23.7 Å². The van der Waals surface area contributed by atoms with Crippen LogP contribution in [0, 0.1) is 23.7 Å². The zero-order chi connectivity index (χ0) is 23.8. The lowest BCUT2D eigenvalue weighted by molar-refractivity contribution is -0.154. The van der Waals surface area contributed by atoms with E-state index in [1.165, 1.54) is 24.3 Å². The van der Waals surface area contributed by atoms with Gasteiger partial charge in [0, 0.05) is 11.5 Å². The summed E-state index contributed by atoms with van der Waals surface area (Å²) in [4.78, 5) is 49.4. The molecule has 2 aliphatic carbocycles. The zero-order valence-corrected chi connectivity index (χ0v) is 18.6. The molecule has 0 aromatic heterocycles. The van der Waals surface area contributed by atoms with E-state index in [-0.39, 0.29) is 36.1 Å². The van der Waals surface area contributed by atoms with Crippen molar-refractivity contribution in [3.8, 4) is 11.5 Å². The van der Waals surface area contributed by atoms with E-state index in [9.17, 15) is 19.2 Å². The first kappa shape index (κ1) is 22.1. The van der Waals surface area contributed by atoms with E-state index in [4.69, 9.17) is 18.9 Å². The van der Waals surface area contributed by atoms with Crippen LogP contribution in [-0.2, 0) is 30.3 Å². The number of Topliss-reactive ketones (excluding diaryl/α,β-unsaturated/α-hetero) is 1. The minimum Gasteiger partial charge on any atom is -0.497 e. The first-order chi connectivity index (χ1) is 16.4. The van der Waals surface area contributed by atoms with Gasteiger partial charge in [-0.2, -0.15) is 0 Å². The molecule has 1 saturated heterocycles. The summed E-state index contributed by atoms with van der Waals surface area (Å²) < 4.78 is 21.0. The maximum absolute atomic E-state index is 12.6. The van der Waals surface area contributed by atoms with Crippen molar-refractivity contribution < 1.29 is 38.1 Å². The van der Waals surface area contributed by atoms with Crippen molar-refractivity contribution in [3.63, 3.8) is 0 Å². The quantitative estimate of drug-likeness (QED) is 0.334. The number of esters is 3. The maximum atomic E-state index is 12.6. The molecule has 5 atom stereocenters. The Balaban J connectivity index is 1.12. The Labute approximate surface area is 196 Å². The number of ether oxygens (including phenoxy) is 4. The smallest absolute Gasteiger partial charge is 0.315 e. The van der Waals surface area contributed by atoms with Gasteiger partial charge in [-0.3, -0.25) is 19.2 Å². The Hall–Kier alpha value is -3.68. The van der Waals surface area contributed by atoms with Crippen LogP contribution in [0.5, 0.6) is 11.5 Å². The Bertz CT molecular complexity index is 1120. The topological polar surface area (TPSA) is 105 Å². The third-order valence-electron chi connectivity index (χ3n) is 7.02. The van der Waals surface area contributed by atoms with Crippen LogP contribution in [0.2, 0.25) is 0 Å². The fraction of sp³-hybridized carbons (Fsp3) is 0.385. The van der Waals surface area contributed by atoms with Gasteiger partial charge in [-0.05, 0) is 60.7 Å². The highest BCUT2D eigenvalue weighted by molar-refractivity contribution is 5.98. The number of methoxy groups -OCH3 is 1. The van der Waals surface area contributed by atoms with E-state index in [2.05, 4.69) is 0 Å². The molecule has 2 bridgehead atoms. The lowest BCUT2D eigenvalue weighted by Gasteiger charge is -2.22. The Morgan fingerprint density at radius 3 is 2.38 bits per heavy atom. The Kier molecular flexibility index (Phi) is 5.81. The number of hydrogen-bond acceptors (Lipinski definition) is 8. The summed E-state index contributed by atoms with van der Waals surface area (Å²) in [5.41, 5.74) is 1.12. The molecule has 8 nitrogen and oxygen atoms in total. The number of rotatable bonds is 8. The first-order valence-corrected chi connectivity index (χ1v) is 11.3. The van der Waals surface area contributed by atoms with Gasteiger partial charge >= 0.3 is 17.9 Å². The van der Waals surface area contributed by atoms with E-state index in [0.29, 0.717) is 23.5 Å². The van der Waals surface area contributed by atoms with E-state index in [1.54, 1.807) is 31.4 Å². The SMILES string of the molecule is COc1ccc(CC(=O)Oc2ccc(C(=O)COC(=O)[C@@H]3[C@@H]4C[C@@H]5[C@@H]3C(=O)O[C@@H]5C4)cc2)cc1. The highest BCUT2D eigenvalue weighted by Crippen LogP contribution is 2.57. The molecule has 2 aromatic carbocycles. The summed E-state index contributed by atoms with van der Waals surface area (Å²) in [6.07, 6.45) is 1.53. The molecule has 3 aliphatic rings. The van der Waals surface area contributed by atoms with Crippen LogP contribution in [0.3, 0.4) is 0 Å². The van der Waals surface area contributed by atoms with Gasteiger partial charge < -0.3 is 18.9 Å². The predicted molar refractivity (Wildman–Crippen MR) is 117 cm³/mol. The highest BCUT2D eigenvalue weighted by Gasteiger charge is 2.64. The number of hydrogen-bond donors (Lipinski definition) is 0. The van der Waals surface area contributed by atoms with Crippen molar-refractivity contribution in [3.05, 3.63) is 59.7 Å². The largest absolute Gasteiger partial charge is 0.497 e. The Morgan fingerprint density at radius 2 is 1.68 bits per heavy atom. The van der Waals surface area contributed by atoms with Crippen LogP contribution in [0.15, 0.2) is 48.5 Å². The molecule has 176 valence electrons. The van der Waals surface area contributed by atoms with Crippen LogP contribution in [-0.4, -0.2) is 43.5 Å². The van der Waals surface area contributed by atoms with E-state index < -0.39 is 30.4 Å². The van der Waals surface area contributed by atoms with Gasteiger partial charge in [0.15, 0.2) is 12.4 Å². The third kappa shape index (κ3) is 4.16. The summed E-state index contributed by atoms with van der Waals surface area (Å²) >= 11 is 0. The van der Waals surface area contributed by atoms with Gasteiger partial charge in [0.05, 0.1) is 25.4 Å². The Morgan fingerprint density at radius 1 is 0.971 bits per heavy atom. The summed E-state index contributed by atoms with van der Waals surface area (Å²) in [6, 6.07) is 13.2. The number of ketones is 1. The van der Waals surface area contributed by atoms with Crippen molar-refractivity contribution in [2.75, 3.05) is 13.7 Å². The van der Waals surface area contributed by atoms with E-state index in [1.807, 2.05) is 0 Å². The van der Waals surface area contributed by atoms with Crippen LogP contribution in [0.1, 0.15) is 28.8 Å². The first-order valence-electron chi connectivity index (χ1n) is 11.3. The van der Waals surface area contributed by atoms with Gasteiger partial charge in [0.1, 0.15) is 17.6 Å². The van der Waals surface area contributed by atoms with Crippen molar-refractivity contribution in [1.82, 2.24) is 0 Å². The minimum atomic E-state index is -0.517. The molecule has 3 fully saturated rings. The lowest BCUT2D eigenvalue weighted by Crippen LogP contribution is -2.34. The maximum Gasteiger partial charge on any atom is 0.315 e. The fourth-order valence-corrected chi connectivity index (χ4v) is 5.43. The number of fused-ring (bicyclic) bond motifs is 1. The number of benzene rings is 2. The normalized spacial score (nSPS) is 26.1. The number of carbonyl (C=O) groups excluding carboxylic acids is 4. The highest BCUT2D eigenvalue weighted by atomic mass is 16.6. The molecule has 0 amide bonds. The molecule has 2 aromatic rings. The molecule has 0 unspecified atom stereocenters. The van der Waals surface area contributed by atoms with Crippen molar-refractivity contribution in [1.29, 1.82) is 0 Å². The average molecular weight is 464 g/mol. The van der Waals surface area contributed by atoms with Crippen LogP contribution in [0.25, 0.3) is 0 Å². The molecule has 0 N–H and O–H groups in total. The summed E-state index contributed by atoms with van der Waals surface area (Å²) in [6.45, 7) is -0.408. The predicted octanol–water partition coefficient (Wildman–Crippen LogP) is 2.77. The minimum absolute atomic E-state index is 0.0583. The van der Waals surface area contributed by atoms with E-state index in [0.717, 1.165) is 12.0 Å². The monoisotopic (exact) mass is 464 g/mol. The molecule has 5 rings (SSSR count). The van der Waals surface area contributed by atoms with Gasteiger partial charge in [-0.1, -0.05) is 12.1 Å². The average Bonchev–Trinajstić information content (AvgIpc) is 3.46. The molecular formula is C26H24O8. The molecule has 1 heterocycles. The molecule has 8 heteroatoms. The summed E-state index contributed by atoms with van der Waals surface area (Å²) in [5, 5.41) is 0. The van der Waals surface area contributed by atoms with E-state index >= 15 is 0 Å². The van der Waals surface area contributed by atoms with Crippen LogP contribution in [0.4, 0.5) is 0 Å². The third-order valence-corrected chi connectivity index (χ3v) is 7.02. The van der Waals surface area contributed by atoms with Gasteiger partial charge in [-0.25, -0.2) is 0 Å². The number of carbonyl (C=O) groups is 4. The summed E-state index contributed by atoms with van der Waals surface area (Å²) in [7, 11) is 1.57. The van der Waals surface area contributed by atoms with Gasteiger partial charge in [-0.15, -0.1) is 0 Å². The van der Waals surface area contributed by atoms with Crippen molar-refractivity contribution in [2.45, 2.75) is 25.4 Å². The molecular weight excluding hydrogens is 440 g/mol.